The highest BCUT2D eigenvalue weighted by Crippen LogP contribution is 2.32. The number of nitrogens with zero attached hydrogens (tertiary/aromatic N) is 4. The first-order valence-electron chi connectivity index (χ1n) is 10.3. The number of benzene rings is 1. The van der Waals surface area contributed by atoms with Crippen LogP contribution in [0.3, 0.4) is 0 Å². The first kappa shape index (κ1) is 21.4. The van der Waals surface area contributed by atoms with E-state index in [4.69, 9.17) is 4.74 Å². The summed E-state index contributed by atoms with van der Waals surface area (Å²) in [4.78, 5) is 15.9. The lowest BCUT2D eigenvalue weighted by Crippen LogP contribution is -2.33. The lowest BCUT2D eigenvalue weighted by atomic mass is 9.93. The normalized spacial score (nSPS) is 15.7. The standard InChI is InChI=1S/C23H26N4O3S/c1-30-19-8-6-17(7-9-19)16-27-13-10-18(11-14-27)22-21(31(2,28)29)15-25-23(26-22)20-5-3-4-12-24-20/h3-9,12,15,18H,10-11,13-14,16H2,1-2H3. The molecule has 0 radical (unpaired) electrons. The molecule has 0 aliphatic carbocycles. The number of ether oxygens (including phenoxy) is 1. The molecule has 0 N–H and O–H groups in total. The van der Waals surface area contributed by atoms with E-state index in [-0.39, 0.29) is 10.8 Å². The van der Waals surface area contributed by atoms with E-state index in [2.05, 4.69) is 32.0 Å². The molecule has 2 aromatic heterocycles. The predicted octanol–water partition coefficient (Wildman–Crippen LogP) is 3.33. The molecule has 1 saturated heterocycles. The fraction of sp³-hybridized carbons (Fsp3) is 0.348. The fourth-order valence-corrected chi connectivity index (χ4v) is 4.77. The molecule has 1 aliphatic rings. The van der Waals surface area contributed by atoms with Crippen molar-refractivity contribution in [1.82, 2.24) is 19.9 Å². The van der Waals surface area contributed by atoms with Gasteiger partial charge in [-0.3, -0.25) is 9.88 Å². The minimum atomic E-state index is -3.42. The Morgan fingerprint density at radius 2 is 1.81 bits per heavy atom. The number of sulfone groups is 1. The van der Waals surface area contributed by atoms with Gasteiger partial charge in [-0.2, -0.15) is 0 Å². The van der Waals surface area contributed by atoms with Crippen molar-refractivity contribution in [2.24, 2.45) is 0 Å². The zero-order chi connectivity index (χ0) is 21.8. The first-order valence-corrected chi connectivity index (χ1v) is 12.2. The van der Waals surface area contributed by atoms with Gasteiger partial charge in [-0.05, 0) is 55.8 Å². The van der Waals surface area contributed by atoms with E-state index in [0.717, 1.165) is 38.2 Å². The summed E-state index contributed by atoms with van der Waals surface area (Å²) in [5.41, 5.74) is 2.48. The van der Waals surface area contributed by atoms with Crippen LogP contribution in [0.25, 0.3) is 11.5 Å². The van der Waals surface area contributed by atoms with E-state index in [0.29, 0.717) is 17.2 Å². The number of aromatic nitrogens is 3. The van der Waals surface area contributed by atoms with Gasteiger partial charge in [-0.25, -0.2) is 18.4 Å². The molecule has 3 heterocycles. The van der Waals surface area contributed by atoms with Crippen LogP contribution in [0.4, 0.5) is 0 Å². The molecular formula is C23H26N4O3S. The summed E-state index contributed by atoms with van der Waals surface area (Å²) in [6, 6.07) is 13.6. The van der Waals surface area contributed by atoms with E-state index in [1.807, 2.05) is 30.3 Å². The van der Waals surface area contributed by atoms with Gasteiger partial charge in [0.05, 0.1) is 12.8 Å². The third-order valence-electron chi connectivity index (χ3n) is 5.62. The van der Waals surface area contributed by atoms with Crippen LogP contribution in [0.5, 0.6) is 5.75 Å². The Morgan fingerprint density at radius 1 is 1.06 bits per heavy atom. The van der Waals surface area contributed by atoms with Crippen molar-refractivity contribution < 1.29 is 13.2 Å². The maximum Gasteiger partial charge on any atom is 0.178 e. The number of hydrogen-bond acceptors (Lipinski definition) is 7. The van der Waals surface area contributed by atoms with Gasteiger partial charge in [0.15, 0.2) is 15.7 Å². The topological polar surface area (TPSA) is 85.3 Å². The number of methoxy groups -OCH3 is 1. The number of hydrogen-bond donors (Lipinski definition) is 0. The van der Waals surface area contributed by atoms with Gasteiger partial charge in [0.25, 0.3) is 0 Å². The second-order valence-corrected chi connectivity index (χ2v) is 9.81. The van der Waals surface area contributed by atoms with Gasteiger partial charge in [0.2, 0.25) is 0 Å². The van der Waals surface area contributed by atoms with Crippen LogP contribution in [0.15, 0.2) is 59.8 Å². The molecule has 4 rings (SSSR count). The Bertz CT molecular complexity index is 1130. The maximum absolute atomic E-state index is 12.4. The summed E-state index contributed by atoms with van der Waals surface area (Å²) >= 11 is 0. The van der Waals surface area contributed by atoms with Crippen molar-refractivity contribution >= 4 is 9.84 Å². The molecule has 1 aliphatic heterocycles. The van der Waals surface area contributed by atoms with Crippen LogP contribution in [0.1, 0.15) is 30.0 Å². The highest BCUT2D eigenvalue weighted by atomic mass is 32.2. The SMILES string of the molecule is COc1ccc(CN2CCC(c3nc(-c4ccccn4)ncc3S(C)(=O)=O)CC2)cc1. The van der Waals surface area contributed by atoms with E-state index in [9.17, 15) is 8.42 Å². The van der Waals surface area contributed by atoms with E-state index in [1.165, 1.54) is 18.0 Å². The zero-order valence-corrected chi connectivity index (χ0v) is 18.5. The highest BCUT2D eigenvalue weighted by molar-refractivity contribution is 7.90. The van der Waals surface area contributed by atoms with Crippen LogP contribution >= 0.6 is 0 Å². The van der Waals surface area contributed by atoms with Gasteiger partial charge >= 0.3 is 0 Å². The smallest absolute Gasteiger partial charge is 0.178 e. The minimum absolute atomic E-state index is 0.0716. The van der Waals surface area contributed by atoms with Crippen molar-refractivity contribution in [3.63, 3.8) is 0 Å². The molecule has 7 nitrogen and oxygen atoms in total. The van der Waals surface area contributed by atoms with E-state index < -0.39 is 9.84 Å². The molecule has 31 heavy (non-hydrogen) atoms. The molecule has 0 atom stereocenters. The summed E-state index contributed by atoms with van der Waals surface area (Å²) in [7, 11) is -1.76. The summed E-state index contributed by atoms with van der Waals surface area (Å²) in [5.74, 6) is 1.38. The second kappa shape index (κ2) is 9.11. The van der Waals surface area contributed by atoms with Crippen LogP contribution in [-0.4, -0.2) is 54.7 Å². The molecular weight excluding hydrogens is 412 g/mol. The Balaban J connectivity index is 1.52. The summed E-state index contributed by atoms with van der Waals surface area (Å²) in [6.07, 6.45) is 6.02. The largest absolute Gasteiger partial charge is 0.497 e. The molecule has 0 amide bonds. The average molecular weight is 439 g/mol. The minimum Gasteiger partial charge on any atom is -0.497 e. The van der Waals surface area contributed by atoms with Crippen LogP contribution in [0.2, 0.25) is 0 Å². The van der Waals surface area contributed by atoms with Crippen molar-refractivity contribution in [2.75, 3.05) is 26.5 Å². The molecule has 0 spiro atoms. The average Bonchev–Trinajstić information content (AvgIpc) is 2.80. The third kappa shape index (κ3) is 5.08. The first-order chi connectivity index (χ1) is 14.9. The summed E-state index contributed by atoms with van der Waals surface area (Å²) in [6.45, 7) is 2.62. The van der Waals surface area contributed by atoms with Crippen molar-refractivity contribution in [2.45, 2.75) is 30.2 Å². The maximum atomic E-state index is 12.4. The predicted molar refractivity (Wildman–Crippen MR) is 119 cm³/mol. The number of rotatable bonds is 6. The Morgan fingerprint density at radius 3 is 2.42 bits per heavy atom. The van der Waals surface area contributed by atoms with Crippen molar-refractivity contribution in [3.8, 4) is 17.3 Å². The van der Waals surface area contributed by atoms with Crippen molar-refractivity contribution in [1.29, 1.82) is 0 Å². The Kier molecular flexibility index (Phi) is 6.29. The monoisotopic (exact) mass is 438 g/mol. The molecule has 0 bridgehead atoms. The lowest BCUT2D eigenvalue weighted by Gasteiger charge is -2.32. The molecule has 1 aromatic carbocycles. The lowest BCUT2D eigenvalue weighted by molar-refractivity contribution is 0.202. The molecule has 0 unspecified atom stereocenters. The van der Waals surface area contributed by atoms with Crippen molar-refractivity contribution in [3.05, 3.63) is 66.1 Å². The quantitative estimate of drug-likeness (QED) is 0.583. The molecule has 162 valence electrons. The summed E-state index contributed by atoms with van der Waals surface area (Å²) in [5, 5.41) is 0. The Hall–Kier alpha value is -2.84. The summed E-state index contributed by atoms with van der Waals surface area (Å²) < 4.78 is 30.0. The third-order valence-corrected chi connectivity index (χ3v) is 6.73. The van der Waals surface area contributed by atoms with Gasteiger partial charge in [0, 0.05) is 31.1 Å². The van der Waals surface area contributed by atoms with Crippen LogP contribution in [0, 0.1) is 0 Å². The highest BCUT2D eigenvalue weighted by Gasteiger charge is 2.28. The molecule has 3 aromatic rings. The molecule has 8 heteroatoms. The fourth-order valence-electron chi connectivity index (χ4n) is 3.93. The van der Waals surface area contributed by atoms with Gasteiger partial charge in [-0.1, -0.05) is 18.2 Å². The van der Waals surface area contributed by atoms with Crippen LogP contribution < -0.4 is 4.74 Å². The van der Waals surface area contributed by atoms with Gasteiger partial charge < -0.3 is 4.74 Å². The second-order valence-electron chi connectivity index (χ2n) is 7.83. The number of pyridine rings is 1. The van der Waals surface area contributed by atoms with E-state index >= 15 is 0 Å². The number of likely N-dealkylation sites (tertiary alicyclic amines) is 1. The van der Waals surface area contributed by atoms with Gasteiger partial charge in [-0.15, -0.1) is 0 Å². The van der Waals surface area contributed by atoms with Crippen LogP contribution in [-0.2, 0) is 16.4 Å². The molecule has 1 fully saturated rings. The zero-order valence-electron chi connectivity index (χ0n) is 17.7. The Labute approximate surface area is 183 Å². The van der Waals surface area contributed by atoms with E-state index in [1.54, 1.807) is 13.3 Å². The number of piperidine rings is 1. The van der Waals surface area contributed by atoms with Gasteiger partial charge in [0.1, 0.15) is 16.3 Å². The molecule has 0 saturated carbocycles.